The molecule has 8 heteroatoms. The fourth-order valence-corrected chi connectivity index (χ4v) is 4.13. The number of ether oxygens (including phenoxy) is 1. The molecule has 0 radical (unpaired) electrons. The lowest BCUT2D eigenvalue weighted by Gasteiger charge is -2.25. The number of hydrogen-bond acceptors (Lipinski definition) is 5. The van der Waals surface area contributed by atoms with Crippen LogP contribution in [0.15, 0.2) is 59.7 Å². The highest BCUT2D eigenvalue weighted by Crippen LogP contribution is 2.27. The van der Waals surface area contributed by atoms with Crippen LogP contribution in [0.3, 0.4) is 0 Å². The molecule has 31 heavy (non-hydrogen) atoms. The number of carbonyl (C=O) groups is 1. The van der Waals surface area contributed by atoms with Gasteiger partial charge in [0.1, 0.15) is 12.3 Å². The van der Waals surface area contributed by atoms with E-state index in [1.807, 2.05) is 32.0 Å². The van der Waals surface area contributed by atoms with Crippen molar-refractivity contribution in [2.45, 2.75) is 39.5 Å². The van der Waals surface area contributed by atoms with Crippen molar-refractivity contribution < 1.29 is 17.9 Å². The highest BCUT2D eigenvalue weighted by Gasteiger charge is 2.23. The molecule has 0 aliphatic rings. The fraction of sp³-hybridized carbons (Fsp3) is 0.391. The van der Waals surface area contributed by atoms with Crippen LogP contribution in [0.25, 0.3) is 0 Å². The first-order valence-corrected chi connectivity index (χ1v) is 12.0. The Labute approximate surface area is 185 Å². The molecule has 2 aromatic rings. The van der Waals surface area contributed by atoms with E-state index >= 15 is 0 Å². The van der Waals surface area contributed by atoms with Crippen LogP contribution in [0, 0.1) is 0 Å². The summed E-state index contributed by atoms with van der Waals surface area (Å²) in [5.74, 6) is 0.113. The topological polar surface area (TPSA) is 88.1 Å². The molecule has 7 nitrogen and oxygen atoms in total. The predicted molar refractivity (Wildman–Crippen MR) is 125 cm³/mol. The molecule has 2 rings (SSSR count). The van der Waals surface area contributed by atoms with Crippen LogP contribution in [0.2, 0.25) is 0 Å². The summed E-state index contributed by atoms with van der Waals surface area (Å²) < 4.78 is 30.9. The van der Waals surface area contributed by atoms with Gasteiger partial charge in [0, 0.05) is 5.71 Å². The summed E-state index contributed by atoms with van der Waals surface area (Å²) in [5.41, 5.74) is 4.63. The van der Waals surface area contributed by atoms with Gasteiger partial charge in [0.2, 0.25) is 10.0 Å². The van der Waals surface area contributed by atoms with Crippen LogP contribution in [0.1, 0.15) is 39.7 Å². The maximum atomic E-state index is 12.4. The highest BCUT2D eigenvalue weighted by molar-refractivity contribution is 7.92. The predicted octanol–water partition coefficient (Wildman–Crippen LogP) is 3.71. The molecule has 0 aromatic heterocycles. The number of benzene rings is 2. The second-order valence-electron chi connectivity index (χ2n) is 8.01. The molecular formula is C23H31N3O4S. The second-order valence-corrected chi connectivity index (χ2v) is 9.91. The van der Waals surface area contributed by atoms with E-state index in [1.54, 1.807) is 24.3 Å². The third-order valence-corrected chi connectivity index (χ3v) is 5.89. The van der Waals surface area contributed by atoms with E-state index in [4.69, 9.17) is 4.74 Å². The van der Waals surface area contributed by atoms with E-state index < -0.39 is 15.9 Å². The van der Waals surface area contributed by atoms with Crippen LogP contribution < -0.4 is 14.5 Å². The first kappa shape index (κ1) is 24.4. The summed E-state index contributed by atoms with van der Waals surface area (Å²) in [7, 11) is -3.66. The molecule has 0 unspecified atom stereocenters. The number of anilines is 1. The third kappa shape index (κ3) is 7.40. The molecular weight excluding hydrogens is 414 g/mol. The van der Waals surface area contributed by atoms with E-state index in [2.05, 4.69) is 36.5 Å². The molecule has 0 atom stereocenters. The van der Waals surface area contributed by atoms with Gasteiger partial charge in [0.05, 0.1) is 18.6 Å². The number of hydrazone groups is 1. The Hall–Kier alpha value is -2.87. The van der Waals surface area contributed by atoms with Gasteiger partial charge in [0.15, 0.2) is 0 Å². The Morgan fingerprint density at radius 1 is 1.10 bits per heavy atom. The molecule has 0 aliphatic carbocycles. The molecule has 0 heterocycles. The zero-order valence-corrected chi connectivity index (χ0v) is 19.6. The van der Waals surface area contributed by atoms with Crippen molar-refractivity contribution in [3.63, 3.8) is 0 Å². The van der Waals surface area contributed by atoms with E-state index in [-0.39, 0.29) is 12.0 Å². The first-order chi connectivity index (χ1) is 14.5. The summed E-state index contributed by atoms with van der Waals surface area (Å²) in [4.78, 5) is 12.4. The van der Waals surface area contributed by atoms with Crippen LogP contribution in [0.4, 0.5) is 5.69 Å². The summed E-state index contributed by atoms with van der Waals surface area (Å²) in [6.07, 6.45) is 1.71. The Balaban J connectivity index is 2.05. The summed E-state index contributed by atoms with van der Waals surface area (Å²) >= 11 is 0. The molecule has 1 N–H and O–H groups in total. The standard InChI is InChI=1S/C23H31N3O4S/c1-6-30-21-14-12-20(13-15-21)26(31(5,28)29)17-22(27)25-24-18(2)16-23(3,4)19-10-8-7-9-11-19/h7-15H,6,16-17H2,1-5H3,(H,25,27)/b24-18-. The van der Waals surface area contributed by atoms with Crippen molar-refractivity contribution in [2.75, 3.05) is 23.7 Å². The number of nitrogens with zero attached hydrogens (tertiary/aromatic N) is 2. The van der Waals surface area contributed by atoms with Gasteiger partial charge >= 0.3 is 0 Å². The van der Waals surface area contributed by atoms with Gasteiger partial charge < -0.3 is 4.74 Å². The largest absolute Gasteiger partial charge is 0.494 e. The number of nitrogens with one attached hydrogen (secondary N) is 1. The van der Waals surface area contributed by atoms with Gasteiger partial charge in [0.25, 0.3) is 5.91 Å². The zero-order chi connectivity index (χ0) is 23.1. The normalized spacial score (nSPS) is 12.4. The Kier molecular flexibility index (Phi) is 8.21. The van der Waals surface area contributed by atoms with E-state index in [0.717, 1.165) is 16.3 Å². The minimum atomic E-state index is -3.66. The summed E-state index contributed by atoms with van der Waals surface area (Å²) in [6.45, 7) is 8.07. The van der Waals surface area contributed by atoms with Gasteiger partial charge in [-0.25, -0.2) is 13.8 Å². The van der Waals surface area contributed by atoms with Crippen molar-refractivity contribution in [1.29, 1.82) is 0 Å². The van der Waals surface area contributed by atoms with Crippen LogP contribution in [-0.4, -0.2) is 39.4 Å². The molecule has 0 bridgehead atoms. The number of hydrogen-bond donors (Lipinski definition) is 1. The Morgan fingerprint density at radius 2 is 1.71 bits per heavy atom. The van der Waals surface area contributed by atoms with Gasteiger partial charge in [-0.1, -0.05) is 44.2 Å². The Morgan fingerprint density at radius 3 is 2.26 bits per heavy atom. The van der Waals surface area contributed by atoms with Crippen LogP contribution in [0.5, 0.6) is 5.75 Å². The van der Waals surface area contributed by atoms with Crippen molar-refractivity contribution in [1.82, 2.24) is 5.43 Å². The fourth-order valence-electron chi connectivity index (χ4n) is 3.27. The third-order valence-electron chi connectivity index (χ3n) is 4.75. The minimum absolute atomic E-state index is 0.152. The quantitative estimate of drug-likeness (QED) is 0.446. The van der Waals surface area contributed by atoms with Crippen molar-refractivity contribution in [2.24, 2.45) is 5.10 Å². The van der Waals surface area contributed by atoms with E-state index in [1.165, 1.54) is 5.56 Å². The van der Waals surface area contributed by atoms with Crippen molar-refractivity contribution in [3.05, 3.63) is 60.2 Å². The second kappa shape index (κ2) is 10.4. The van der Waals surface area contributed by atoms with Crippen LogP contribution >= 0.6 is 0 Å². The number of rotatable bonds is 10. The Bertz CT molecular complexity index is 1000. The first-order valence-electron chi connectivity index (χ1n) is 10.1. The molecule has 0 saturated carbocycles. The molecule has 0 saturated heterocycles. The van der Waals surface area contributed by atoms with Crippen molar-refractivity contribution >= 4 is 27.3 Å². The average molecular weight is 446 g/mol. The smallest absolute Gasteiger partial charge is 0.260 e. The molecule has 168 valence electrons. The molecule has 0 fully saturated rings. The molecule has 1 amide bonds. The zero-order valence-electron chi connectivity index (χ0n) is 18.8. The maximum absolute atomic E-state index is 12.4. The van der Waals surface area contributed by atoms with Gasteiger partial charge in [-0.2, -0.15) is 5.10 Å². The van der Waals surface area contributed by atoms with Gasteiger partial charge in [-0.15, -0.1) is 0 Å². The SMILES string of the molecule is CCOc1ccc(N(CC(=O)N/N=C(/C)CC(C)(C)c2ccccc2)S(C)(=O)=O)cc1. The maximum Gasteiger partial charge on any atom is 0.260 e. The van der Waals surface area contributed by atoms with Gasteiger partial charge in [-0.05, 0) is 55.5 Å². The lowest BCUT2D eigenvalue weighted by atomic mass is 9.80. The summed E-state index contributed by atoms with van der Waals surface area (Å²) in [5, 5.41) is 4.18. The lowest BCUT2D eigenvalue weighted by Crippen LogP contribution is -2.39. The average Bonchev–Trinajstić information content (AvgIpc) is 2.71. The van der Waals surface area contributed by atoms with Crippen LogP contribution in [-0.2, 0) is 20.2 Å². The monoisotopic (exact) mass is 445 g/mol. The molecule has 0 spiro atoms. The van der Waals surface area contributed by atoms with Crippen molar-refractivity contribution in [3.8, 4) is 5.75 Å². The van der Waals surface area contributed by atoms with E-state index in [0.29, 0.717) is 24.5 Å². The van der Waals surface area contributed by atoms with E-state index in [9.17, 15) is 13.2 Å². The number of sulfonamides is 1. The highest BCUT2D eigenvalue weighted by atomic mass is 32.2. The number of carbonyl (C=O) groups excluding carboxylic acids is 1. The minimum Gasteiger partial charge on any atom is -0.494 e. The molecule has 2 aromatic carbocycles. The lowest BCUT2D eigenvalue weighted by molar-refractivity contribution is -0.119. The number of amides is 1. The van der Waals surface area contributed by atoms with Gasteiger partial charge in [-0.3, -0.25) is 9.10 Å². The molecule has 0 aliphatic heterocycles. The summed E-state index contributed by atoms with van der Waals surface area (Å²) in [6, 6.07) is 16.6.